The highest BCUT2D eigenvalue weighted by Gasteiger charge is 2.08. The fraction of sp³-hybridized carbons (Fsp3) is 0.214. The topological polar surface area (TPSA) is 43.3 Å². The number of rotatable bonds is 5. The van der Waals surface area contributed by atoms with E-state index in [1.165, 1.54) is 12.1 Å². The molecule has 0 aliphatic heterocycles. The monoisotopic (exact) mass is 280 g/mol. The number of hydrogen-bond donors (Lipinski definition) is 1. The van der Waals surface area contributed by atoms with Crippen LogP contribution in [0.4, 0.5) is 8.78 Å². The van der Waals surface area contributed by atoms with Crippen LogP contribution in [0, 0.1) is 0 Å². The number of nitrogens with zero attached hydrogens (tertiary/aromatic N) is 1. The second-order valence-corrected chi connectivity index (χ2v) is 4.21. The first-order valence-electron chi connectivity index (χ1n) is 5.99. The van der Waals surface area contributed by atoms with E-state index in [2.05, 4.69) is 10.1 Å². The van der Waals surface area contributed by atoms with Crippen LogP contribution in [0.15, 0.2) is 42.6 Å². The Balaban J connectivity index is 1.91. The predicted octanol–water partition coefficient (Wildman–Crippen LogP) is 2.56. The molecule has 0 aliphatic rings. The molecule has 0 atom stereocenters. The molecule has 0 aliphatic carbocycles. The molecule has 0 saturated carbocycles. The zero-order valence-corrected chi connectivity index (χ0v) is 10.8. The first-order valence-corrected chi connectivity index (χ1v) is 5.99. The SMILES string of the molecule is Cn1cccc1C(=O)NCc1ccc(OC(F)F)cc1. The summed E-state index contributed by atoms with van der Waals surface area (Å²) in [7, 11) is 1.78. The van der Waals surface area contributed by atoms with E-state index in [1.807, 2.05) is 0 Å². The minimum atomic E-state index is -2.84. The Hall–Kier alpha value is -2.37. The molecule has 1 N–H and O–H groups in total. The van der Waals surface area contributed by atoms with Gasteiger partial charge in [0.15, 0.2) is 0 Å². The zero-order valence-electron chi connectivity index (χ0n) is 10.8. The van der Waals surface area contributed by atoms with Crippen molar-refractivity contribution in [3.05, 3.63) is 53.9 Å². The molecule has 106 valence electrons. The van der Waals surface area contributed by atoms with Gasteiger partial charge in [0, 0.05) is 19.8 Å². The Kier molecular flexibility index (Phi) is 4.34. The number of amides is 1. The number of hydrogen-bond acceptors (Lipinski definition) is 2. The lowest BCUT2D eigenvalue weighted by Crippen LogP contribution is -2.24. The molecule has 0 bridgehead atoms. The number of alkyl halides is 2. The van der Waals surface area contributed by atoms with Crippen molar-refractivity contribution in [2.24, 2.45) is 7.05 Å². The van der Waals surface area contributed by atoms with Crippen LogP contribution in [0.25, 0.3) is 0 Å². The highest BCUT2D eigenvalue weighted by molar-refractivity contribution is 5.92. The van der Waals surface area contributed by atoms with Gasteiger partial charge in [-0.25, -0.2) is 0 Å². The van der Waals surface area contributed by atoms with Crippen LogP contribution in [-0.2, 0) is 13.6 Å². The number of ether oxygens (including phenoxy) is 1. The van der Waals surface area contributed by atoms with Crippen molar-refractivity contribution < 1.29 is 18.3 Å². The van der Waals surface area contributed by atoms with Crippen LogP contribution in [0.5, 0.6) is 5.75 Å². The summed E-state index contributed by atoms with van der Waals surface area (Å²) in [6.07, 6.45) is 1.78. The average Bonchev–Trinajstić information content (AvgIpc) is 2.83. The maximum Gasteiger partial charge on any atom is 0.387 e. The van der Waals surface area contributed by atoms with Gasteiger partial charge in [0.1, 0.15) is 11.4 Å². The Morgan fingerprint density at radius 2 is 2.00 bits per heavy atom. The first kappa shape index (κ1) is 14.0. The number of benzene rings is 1. The van der Waals surface area contributed by atoms with E-state index < -0.39 is 6.61 Å². The lowest BCUT2D eigenvalue weighted by Gasteiger charge is -2.08. The molecule has 6 heteroatoms. The second-order valence-electron chi connectivity index (χ2n) is 4.21. The van der Waals surface area contributed by atoms with Crippen LogP contribution >= 0.6 is 0 Å². The van der Waals surface area contributed by atoms with Gasteiger partial charge in [0.2, 0.25) is 0 Å². The average molecular weight is 280 g/mol. The van der Waals surface area contributed by atoms with Crippen molar-refractivity contribution in [1.29, 1.82) is 0 Å². The minimum absolute atomic E-state index is 0.0949. The van der Waals surface area contributed by atoms with Gasteiger partial charge in [0.05, 0.1) is 0 Å². The summed E-state index contributed by atoms with van der Waals surface area (Å²) in [5, 5.41) is 2.75. The second kappa shape index (κ2) is 6.18. The van der Waals surface area contributed by atoms with E-state index in [-0.39, 0.29) is 11.7 Å². The largest absolute Gasteiger partial charge is 0.435 e. The molecule has 2 rings (SSSR count). The Bertz CT molecular complexity index is 579. The van der Waals surface area contributed by atoms with Crippen molar-refractivity contribution >= 4 is 5.91 Å². The van der Waals surface area contributed by atoms with Crippen LogP contribution < -0.4 is 10.1 Å². The van der Waals surface area contributed by atoms with E-state index >= 15 is 0 Å². The zero-order chi connectivity index (χ0) is 14.5. The quantitative estimate of drug-likeness (QED) is 0.914. The molecule has 0 radical (unpaired) electrons. The lowest BCUT2D eigenvalue weighted by atomic mass is 10.2. The van der Waals surface area contributed by atoms with E-state index in [9.17, 15) is 13.6 Å². The fourth-order valence-electron chi connectivity index (χ4n) is 1.76. The highest BCUT2D eigenvalue weighted by Crippen LogP contribution is 2.14. The molecule has 1 aromatic heterocycles. The maximum atomic E-state index is 12.0. The smallest absolute Gasteiger partial charge is 0.387 e. The van der Waals surface area contributed by atoms with Crippen molar-refractivity contribution in [1.82, 2.24) is 9.88 Å². The van der Waals surface area contributed by atoms with Gasteiger partial charge in [-0.05, 0) is 29.8 Å². The summed E-state index contributed by atoms with van der Waals surface area (Å²) < 4.78 is 29.9. The number of aromatic nitrogens is 1. The molecule has 0 fully saturated rings. The van der Waals surface area contributed by atoms with Crippen molar-refractivity contribution in [3.8, 4) is 5.75 Å². The van der Waals surface area contributed by atoms with Gasteiger partial charge < -0.3 is 14.6 Å². The minimum Gasteiger partial charge on any atom is -0.435 e. The molecule has 1 amide bonds. The molecule has 0 saturated heterocycles. The Labute approximate surface area is 115 Å². The Morgan fingerprint density at radius 3 is 2.55 bits per heavy atom. The lowest BCUT2D eigenvalue weighted by molar-refractivity contribution is -0.0498. The molecule has 4 nitrogen and oxygen atoms in total. The van der Waals surface area contributed by atoms with Gasteiger partial charge in [-0.15, -0.1) is 0 Å². The highest BCUT2D eigenvalue weighted by atomic mass is 19.3. The number of aryl methyl sites for hydroxylation is 1. The summed E-state index contributed by atoms with van der Waals surface area (Å²) in [6.45, 7) is -2.52. The standard InChI is InChI=1S/C14H14F2N2O2/c1-18-8-2-3-12(18)13(19)17-9-10-4-6-11(7-5-10)20-14(15)16/h2-8,14H,9H2,1H3,(H,17,19). The van der Waals surface area contributed by atoms with E-state index in [1.54, 1.807) is 42.1 Å². The maximum absolute atomic E-state index is 12.0. The van der Waals surface area contributed by atoms with Gasteiger partial charge in [-0.1, -0.05) is 12.1 Å². The summed E-state index contributed by atoms with van der Waals surface area (Å²) >= 11 is 0. The van der Waals surface area contributed by atoms with E-state index in [0.29, 0.717) is 12.2 Å². The van der Waals surface area contributed by atoms with E-state index in [0.717, 1.165) is 5.56 Å². The predicted molar refractivity (Wildman–Crippen MR) is 69.7 cm³/mol. The molecule has 1 aromatic carbocycles. The third-order valence-corrected chi connectivity index (χ3v) is 2.78. The van der Waals surface area contributed by atoms with Crippen LogP contribution in [0.3, 0.4) is 0 Å². The van der Waals surface area contributed by atoms with Crippen LogP contribution in [-0.4, -0.2) is 17.1 Å². The van der Waals surface area contributed by atoms with Crippen molar-refractivity contribution in [2.45, 2.75) is 13.2 Å². The molecule has 0 unspecified atom stereocenters. The summed E-state index contributed by atoms with van der Waals surface area (Å²) in [5.74, 6) is -0.0945. The van der Waals surface area contributed by atoms with E-state index in [4.69, 9.17) is 0 Å². The molecule has 2 aromatic rings. The molecule has 20 heavy (non-hydrogen) atoms. The number of nitrogens with one attached hydrogen (secondary N) is 1. The van der Waals surface area contributed by atoms with Crippen LogP contribution in [0.2, 0.25) is 0 Å². The number of carbonyl (C=O) groups excluding carboxylic acids is 1. The summed E-state index contributed by atoms with van der Waals surface area (Å²) in [6, 6.07) is 9.64. The third-order valence-electron chi connectivity index (χ3n) is 2.78. The number of carbonyl (C=O) groups is 1. The molecule has 0 spiro atoms. The van der Waals surface area contributed by atoms with Gasteiger partial charge in [0.25, 0.3) is 5.91 Å². The number of halogens is 2. The van der Waals surface area contributed by atoms with Crippen molar-refractivity contribution in [2.75, 3.05) is 0 Å². The first-order chi connectivity index (χ1) is 9.56. The van der Waals surface area contributed by atoms with Gasteiger partial charge in [-0.3, -0.25) is 4.79 Å². The van der Waals surface area contributed by atoms with Gasteiger partial charge >= 0.3 is 6.61 Å². The summed E-state index contributed by atoms with van der Waals surface area (Å²) in [5.41, 5.74) is 1.36. The van der Waals surface area contributed by atoms with Crippen molar-refractivity contribution in [3.63, 3.8) is 0 Å². The fourth-order valence-corrected chi connectivity index (χ4v) is 1.76. The normalized spacial score (nSPS) is 10.6. The van der Waals surface area contributed by atoms with Crippen LogP contribution in [0.1, 0.15) is 16.1 Å². The Morgan fingerprint density at radius 1 is 1.30 bits per heavy atom. The molecule has 1 heterocycles. The summed E-state index contributed by atoms with van der Waals surface area (Å²) in [4.78, 5) is 11.9. The van der Waals surface area contributed by atoms with Gasteiger partial charge in [-0.2, -0.15) is 8.78 Å². The molecular weight excluding hydrogens is 266 g/mol. The third kappa shape index (κ3) is 3.57. The molecular formula is C14H14F2N2O2.